The number of aromatic nitrogens is 4. The van der Waals surface area contributed by atoms with Crippen LogP contribution in [0, 0.1) is 0 Å². The molecule has 0 unspecified atom stereocenters. The van der Waals surface area contributed by atoms with Gasteiger partial charge in [0.25, 0.3) is 0 Å². The molecular weight excluding hydrogens is 813 g/mol. The summed E-state index contributed by atoms with van der Waals surface area (Å²) in [5.74, 6) is 0. The molecule has 5 aromatic heterocycles. The van der Waals surface area contributed by atoms with Crippen LogP contribution in [0.1, 0.15) is 0 Å². The fraction of sp³-hybridized carbons (Fsp3) is 0. The van der Waals surface area contributed by atoms with E-state index in [-0.39, 0.29) is 0 Å². The molecule has 4 nitrogen and oxygen atoms in total. The second-order valence-electron chi connectivity index (χ2n) is 16.9. The van der Waals surface area contributed by atoms with Gasteiger partial charge in [-0.05, 0) is 93.5 Å². The highest BCUT2D eigenvalue weighted by atomic mass is 32.1. The Hall–Kier alpha value is -7.90. The molecule has 0 aliphatic rings. The summed E-state index contributed by atoms with van der Waals surface area (Å²) in [4.78, 5) is 0. The Labute approximate surface area is 373 Å². The Morgan fingerprint density at radius 3 is 1.55 bits per heavy atom. The standard InChI is InChI=1S/C58H38N4SSi/c1-3-20-43(21-4-1)64(44-22-5-2-6-23-44,55-32-16-26-47-46-25-9-14-31-54(46)63-58(47)55)45-24-15-19-41(37-45)59-52-34-33-42(38-53(52)62-49-28-11-8-18-40(49)36-57(59)62)60-50-29-12-13-30-51(50)61-48-27-10-7-17-39(48)35-56(60)61/h1-38H. The molecule has 14 rings (SSSR count). The number of benzene rings is 9. The number of para-hydroxylation sites is 4. The molecular formula is C58H38N4SSi. The Balaban J connectivity index is 1.06. The van der Waals surface area contributed by atoms with Crippen molar-refractivity contribution in [3.05, 3.63) is 231 Å². The monoisotopic (exact) mass is 850 g/mol. The van der Waals surface area contributed by atoms with E-state index >= 15 is 0 Å². The second-order valence-corrected chi connectivity index (χ2v) is 21.8. The van der Waals surface area contributed by atoms with E-state index < -0.39 is 8.07 Å². The van der Waals surface area contributed by atoms with Crippen LogP contribution in [0.25, 0.3) is 86.7 Å². The molecule has 64 heavy (non-hydrogen) atoms. The molecule has 0 saturated carbocycles. The maximum atomic E-state index is 2.51. The van der Waals surface area contributed by atoms with E-state index in [4.69, 9.17) is 0 Å². The van der Waals surface area contributed by atoms with E-state index in [1.54, 1.807) is 0 Å². The molecule has 0 atom stereocenters. The number of fused-ring (bicyclic) bond motifs is 13. The van der Waals surface area contributed by atoms with Crippen molar-refractivity contribution in [3.63, 3.8) is 0 Å². The van der Waals surface area contributed by atoms with Gasteiger partial charge in [-0.3, -0.25) is 17.9 Å². The fourth-order valence-electron chi connectivity index (χ4n) is 11.0. The minimum atomic E-state index is -2.97. The van der Waals surface area contributed by atoms with E-state index in [0.717, 1.165) is 33.7 Å². The topological polar surface area (TPSA) is 18.7 Å². The molecule has 0 radical (unpaired) electrons. The van der Waals surface area contributed by atoms with E-state index in [1.807, 2.05) is 11.3 Å². The molecule has 14 aromatic rings. The van der Waals surface area contributed by atoms with Crippen LogP contribution in [0.5, 0.6) is 0 Å². The van der Waals surface area contributed by atoms with E-state index in [0.29, 0.717) is 0 Å². The lowest BCUT2D eigenvalue weighted by molar-refractivity contribution is 1.14. The second kappa shape index (κ2) is 13.5. The Morgan fingerprint density at radius 2 is 0.844 bits per heavy atom. The van der Waals surface area contributed by atoms with E-state index in [1.165, 1.54) is 73.8 Å². The summed E-state index contributed by atoms with van der Waals surface area (Å²) < 4.78 is 12.5. The summed E-state index contributed by atoms with van der Waals surface area (Å²) in [6, 6.07) is 86.1. The molecule has 300 valence electrons. The summed E-state index contributed by atoms with van der Waals surface area (Å²) in [5, 5.41) is 10.6. The fourth-order valence-corrected chi connectivity index (χ4v) is 17.6. The predicted molar refractivity (Wildman–Crippen MR) is 274 cm³/mol. The van der Waals surface area contributed by atoms with Crippen LogP contribution >= 0.6 is 11.3 Å². The van der Waals surface area contributed by atoms with Gasteiger partial charge in [0.2, 0.25) is 0 Å². The molecule has 0 aliphatic carbocycles. The van der Waals surface area contributed by atoms with Crippen molar-refractivity contribution in [2.75, 3.05) is 0 Å². The molecule has 0 aliphatic heterocycles. The number of thiophene rings is 1. The van der Waals surface area contributed by atoms with Gasteiger partial charge >= 0.3 is 0 Å². The first-order valence-electron chi connectivity index (χ1n) is 21.9. The third kappa shape index (κ3) is 4.86. The molecule has 0 fully saturated rings. The molecule has 0 N–H and O–H groups in total. The number of imidazole rings is 2. The zero-order chi connectivity index (χ0) is 41.9. The van der Waals surface area contributed by atoms with Crippen molar-refractivity contribution in [1.82, 2.24) is 17.9 Å². The average Bonchev–Trinajstić information content (AvgIpc) is 4.16. The van der Waals surface area contributed by atoms with Crippen molar-refractivity contribution >= 4 is 115 Å². The zero-order valence-electron chi connectivity index (χ0n) is 34.6. The number of hydrogen-bond donors (Lipinski definition) is 0. The van der Waals surface area contributed by atoms with Gasteiger partial charge in [0.1, 0.15) is 11.3 Å². The first kappa shape index (κ1) is 35.7. The molecule has 5 heterocycles. The van der Waals surface area contributed by atoms with Gasteiger partial charge < -0.3 is 0 Å². The van der Waals surface area contributed by atoms with Crippen LogP contribution in [-0.2, 0) is 0 Å². The Bertz CT molecular complexity index is 4110. The number of nitrogens with zero attached hydrogens (tertiary/aromatic N) is 4. The van der Waals surface area contributed by atoms with Crippen molar-refractivity contribution in [2.45, 2.75) is 0 Å². The molecule has 0 spiro atoms. The van der Waals surface area contributed by atoms with Gasteiger partial charge in [-0.1, -0.05) is 158 Å². The average molecular weight is 851 g/mol. The molecule has 0 saturated heterocycles. The highest BCUT2D eigenvalue weighted by molar-refractivity contribution is 7.30. The quantitative estimate of drug-likeness (QED) is 0.117. The maximum absolute atomic E-state index is 2.97. The smallest absolute Gasteiger partial charge is 0.181 e. The van der Waals surface area contributed by atoms with Crippen LogP contribution in [0.4, 0.5) is 0 Å². The van der Waals surface area contributed by atoms with Crippen LogP contribution in [0.15, 0.2) is 231 Å². The summed E-state index contributed by atoms with van der Waals surface area (Å²) >= 11 is 1.93. The van der Waals surface area contributed by atoms with E-state index in [9.17, 15) is 0 Å². The van der Waals surface area contributed by atoms with Crippen LogP contribution in [-0.4, -0.2) is 26.0 Å². The lowest BCUT2D eigenvalue weighted by atomic mass is 10.1. The van der Waals surface area contributed by atoms with Crippen LogP contribution in [0.3, 0.4) is 0 Å². The van der Waals surface area contributed by atoms with Crippen LogP contribution in [0.2, 0.25) is 0 Å². The van der Waals surface area contributed by atoms with Gasteiger partial charge in [-0.2, -0.15) is 0 Å². The van der Waals surface area contributed by atoms with Crippen LogP contribution < -0.4 is 20.7 Å². The first-order valence-corrected chi connectivity index (χ1v) is 24.7. The number of rotatable bonds is 6. The maximum Gasteiger partial charge on any atom is 0.181 e. The van der Waals surface area contributed by atoms with Gasteiger partial charge in [0.05, 0.1) is 33.1 Å². The lowest BCUT2D eigenvalue weighted by Gasteiger charge is -2.35. The largest absolute Gasteiger partial charge is 0.294 e. The molecule has 0 bridgehead atoms. The predicted octanol–water partition coefficient (Wildman–Crippen LogP) is 12.1. The van der Waals surface area contributed by atoms with Crippen molar-refractivity contribution in [3.8, 4) is 11.4 Å². The minimum Gasteiger partial charge on any atom is -0.294 e. The van der Waals surface area contributed by atoms with E-state index in [2.05, 4.69) is 248 Å². The van der Waals surface area contributed by atoms with Crippen molar-refractivity contribution in [1.29, 1.82) is 0 Å². The van der Waals surface area contributed by atoms with Crippen molar-refractivity contribution in [2.24, 2.45) is 0 Å². The van der Waals surface area contributed by atoms with Crippen molar-refractivity contribution < 1.29 is 0 Å². The summed E-state index contributed by atoms with van der Waals surface area (Å²) in [6.07, 6.45) is 0. The summed E-state index contributed by atoms with van der Waals surface area (Å²) in [5.41, 5.74) is 11.7. The molecule has 0 amide bonds. The third-order valence-electron chi connectivity index (χ3n) is 13.7. The summed E-state index contributed by atoms with van der Waals surface area (Å²) in [6.45, 7) is 0. The van der Waals surface area contributed by atoms with Gasteiger partial charge in [-0.25, -0.2) is 0 Å². The molecule has 9 aromatic carbocycles. The SMILES string of the molecule is c1ccc([Si](c2ccccc2)(c2cccc(-n3c4ccc(-n5c6ccccc6n6c7ccccc7cc56)cc4n4c5ccccc5cc34)c2)c2cccc3c2sc2ccccc23)cc1. The highest BCUT2D eigenvalue weighted by Crippen LogP contribution is 2.37. The summed E-state index contributed by atoms with van der Waals surface area (Å²) in [7, 11) is -2.97. The van der Waals surface area contributed by atoms with Gasteiger partial charge in [0.15, 0.2) is 8.07 Å². The van der Waals surface area contributed by atoms with Gasteiger partial charge in [-0.15, -0.1) is 11.3 Å². The minimum absolute atomic E-state index is 1.13. The highest BCUT2D eigenvalue weighted by Gasteiger charge is 2.43. The lowest BCUT2D eigenvalue weighted by Crippen LogP contribution is -2.74. The van der Waals surface area contributed by atoms with Gasteiger partial charge in [0, 0.05) is 42.3 Å². The first-order chi connectivity index (χ1) is 31.8. The Morgan fingerprint density at radius 1 is 0.328 bits per heavy atom. The normalized spacial score (nSPS) is 12.4. The molecule has 6 heteroatoms. The zero-order valence-corrected chi connectivity index (χ0v) is 36.5. The number of hydrogen-bond acceptors (Lipinski definition) is 1. The third-order valence-corrected chi connectivity index (χ3v) is 19.9. The Kier molecular flexibility index (Phi) is 7.55.